The van der Waals surface area contributed by atoms with Crippen molar-refractivity contribution in [3.8, 4) is 0 Å². The zero-order valence-electron chi connectivity index (χ0n) is 11.9. The van der Waals surface area contributed by atoms with E-state index in [1.165, 1.54) is 0 Å². The highest BCUT2D eigenvalue weighted by atomic mass is 16.5. The highest BCUT2D eigenvalue weighted by Gasteiger charge is 2.10. The van der Waals surface area contributed by atoms with Crippen LogP contribution in [-0.4, -0.2) is 49.2 Å². The third-order valence-electron chi connectivity index (χ3n) is 2.58. The Morgan fingerprint density at radius 3 is 2.41 bits per heavy atom. The number of ether oxygens (including phenoxy) is 1. The topological polar surface area (TPSA) is 15.7 Å². The minimum atomic E-state index is 0.872. The number of allylic oxidation sites excluding steroid dienone is 2. The van der Waals surface area contributed by atoms with Crippen LogP contribution in [0.5, 0.6) is 0 Å². The van der Waals surface area contributed by atoms with E-state index in [1.54, 1.807) is 0 Å². The fourth-order valence-corrected chi connectivity index (χ4v) is 1.65. The van der Waals surface area contributed by atoms with Crippen LogP contribution in [0.15, 0.2) is 24.6 Å². The van der Waals surface area contributed by atoms with Gasteiger partial charge >= 0.3 is 0 Å². The molecule has 0 atom stereocenters. The van der Waals surface area contributed by atoms with Gasteiger partial charge in [0.25, 0.3) is 0 Å². The maximum absolute atomic E-state index is 5.31. The molecule has 0 spiro atoms. The fraction of sp³-hybridized carbons (Fsp3) is 0.714. The molecule has 0 aromatic heterocycles. The van der Waals surface area contributed by atoms with Crippen LogP contribution in [-0.2, 0) is 4.74 Å². The molecule has 3 nitrogen and oxygen atoms in total. The minimum Gasteiger partial charge on any atom is -0.379 e. The summed E-state index contributed by atoms with van der Waals surface area (Å²) in [6, 6.07) is 0. The molecule has 0 aromatic carbocycles. The van der Waals surface area contributed by atoms with Crippen molar-refractivity contribution in [1.82, 2.24) is 9.80 Å². The molecule has 1 aliphatic heterocycles. The lowest BCUT2D eigenvalue weighted by molar-refractivity contribution is 0.0362. The summed E-state index contributed by atoms with van der Waals surface area (Å²) in [6.45, 7) is 18.0. The molecule has 1 heterocycles. The first-order chi connectivity index (χ1) is 8.24. The summed E-state index contributed by atoms with van der Waals surface area (Å²) in [4.78, 5) is 4.62. The van der Waals surface area contributed by atoms with Crippen molar-refractivity contribution in [3.63, 3.8) is 0 Å². The molecule has 1 saturated heterocycles. The molecule has 0 unspecified atom stereocenters. The number of morpholine rings is 1. The molecule has 1 rings (SSSR count). The molecular formula is C14H28N2O. The van der Waals surface area contributed by atoms with E-state index in [4.69, 9.17) is 4.74 Å². The Balaban J connectivity index is 0.00000121. The average molecular weight is 240 g/mol. The molecule has 17 heavy (non-hydrogen) atoms. The van der Waals surface area contributed by atoms with Crippen LogP contribution in [0.25, 0.3) is 0 Å². The van der Waals surface area contributed by atoms with Crippen molar-refractivity contribution in [3.05, 3.63) is 24.6 Å². The third kappa shape index (κ3) is 7.18. The maximum atomic E-state index is 5.31. The monoisotopic (exact) mass is 240 g/mol. The van der Waals surface area contributed by atoms with Gasteiger partial charge in [0.05, 0.1) is 13.2 Å². The van der Waals surface area contributed by atoms with Gasteiger partial charge in [-0.3, -0.25) is 4.90 Å². The molecule has 3 heteroatoms. The lowest BCUT2D eigenvalue weighted by atomic mass is 10.3. The van der Waals surface area contributed by atoms with Crippen LogP contribution in [0, 0.1) is 0 Å². The first-order valence-electron chi connectivity index (χ1n) is 6.59. The second kappa shape index (κ2) is 10.4. The zero-order chi connectivity index (χ0) is 13.1. The van der Waals surface area contributed by atoms with E-state index in [-0.39, 0.29) is 0 Å². The summed E-state index contributed by atoms with van der Waals surface area (Å²) >= 11 is 0. The van der Waals surface area contributed by atoms with Gasteiger partial charge in [-0.2, -0.15) is 0 Å². The largest absolute Gasteiger partial charge is 0.379 e. The quantitative estimate of drug-likeness (QED) is 0.735. The van der Waals surface area contributed by atoms with Crippen molar-refractivity contribution >= 4 is 0 Å². The van der Waals surface area contributed by atoms with E-state index >= 15 is 0 Å². The van der Waals surface area contributed by atoms with Gasteiger partial charge in [-0.05, 0) is 20.0 Å². The van der Waals surface area contributed by atoms with E-state index in [2.05, 4.69) is 22.6 Å². The van der Waals surface area contributed by atoms with Gasteiger partial charge in [0, 0.05) is 31.9 Å². The van der Waals surface area contributed by atoms with Crippen molar-refractivity contribution in [2.45, 2.75) is 27.7 Å². The molecule has 0 aromatic rings. The molecule has 1 aliphatic rings. The number of rotatable bonds is 5. The van der Waals surface area contributed by atoms with Gasteiger partial charge < -0.3 is 9.64 Å². The van der Waals surface area contributed by atoms with Crippen LogP contribution >= 0.6 is 0 Å². The Kier molecular flexibility index (Phi) is 9.87. The maximum Gasteiger partial charge on any atom is 0.0594 e. The highest BCUT2D eigenvalue weighted by Crippen LogP contribution is 2.03. The summed E-state index contributed by atoms with van der Waals surface area (Å²) in [5.74, 6) is 0. The minimum absolute atomic E-state index is 0.872. The zero-order valence-corrected chi connectivity index (χ0v) is 11.9. The van der Waals surface area contributed by atoms with Crippen molar-refractivity contribution in [2.75, 3.05) is 39.4 Å². The standard InChI is InChI=1S/C12H22N2O.C2H6/c1-4-5-14(12(2)3)7-6-13-8-10-15-11-9-13;1-2/h4-5H,2,6-11H2,1,3H3;1-2H3/b5-4-;. The average Bonchev–Trinajstić information content (AvgIpc) is 2.38. The summed E-state index contributed by atoms with van der Waals surface area (Å²) < 4.78 is 5.31. The number of nitrogens with zero attached hydrogens (tertiary/aromatic N) is 2. The smallest absolute Gasteiger partial charge is 0.0594 e. The van der Waals surface area contributed by atoms with Gasteiger partial charge in [-0.15, -0.1) is 0 Å². The Labute approximate surface area is 107 Å². The molecule has 0 amide bonds. The van der Waals surface area contributed by atoms with Crippen LogP contribution in [0.2, 0.25) is 0 Å². The summed E-state index contributed by atoms with van der Waals surface area (Å²) in [6.07, 6.45) is 4.14. The molecule has 0 saturated carbocycles. The predicted molar refractivity (Wildman–Crippen MR) is 74.9 cm³/mol. The first kappa shape index (κ1) is 16.2. The Hall–Kier alpha value is -0.800. The summed E-state index contributed by atoms with van der Waals surface area (Å²) in [5.41, 5.74) is 1.10. The van der Waals surface area contributed by atoms with Crippen LogP contribution < -0.4 is 0 Å². The lowest BCUT2D eigenvalue weighted by Crippen LogP contribution is -2.40. The first-order valence-corrected chi connectivity index (χ1v) is 6.59. The third-order valence-corrected chi connectivity index (χ3v) is 2.58. The summed E-state index contributed by atoms with van der Waals surface area (Å²) in [5, 5.41) is 0. The van der Waals surface area contributed by atoms with E-state index in [0.717, 1.165) is 45.1 Å². The van der Waals surface area contributed by atoms with E-state index in [9.17, 15) is 0 Å². The Morgan fingerprint density at radius 1 is 1.35 bits per heavy atom. The van der Waals surface area contributed by atoms with E-state index < -0.39 is 0 Å². The van der Waals surface area contributed by atoms with Crippen molar-refractivity contribution < 1.29 is 4.74 Å². The van der Waals surface area contributed by atoms with Gasteiger partial charge in [-0.1, -0.05) is 26.5 Å². The molecule has 100 valence electrons. The van der Waals surface area contributed by atoms with Crippen molar-refractivity contribution in [1.29, 1.82) is 0 Å². The highest BCUT2D eigenvalue weighted by molar-refractivity contribution is 4.96. The van der Waals surface area contributed by atoms with Gasteiger partial charge in [-0.25, -0.2) is 0 Å². The van der Waals surface area contributed by atoms with Crippen molar-refractivity contribution in [2.24, 2.45) is 0 Å². The molecule has 0 aliphatic carbocycles. The predicted octanol–water partition coefficient (Wildman–Crippen LogP) is 2.71. The normalized spacial score (nSPS) is 16.5. The van der Waals surface area contributed by atoms with E-state index in [1.807, 2.05) is 33.8 Å². The fourth-order valence-electron chi connectivity index (χ4n) is 1.65. The second-order valence-corrected chi connectivity index (χ2v) is 3.87. The van der Waals surface area contributed by atoms with Crippen LogP contribution in [0.1, 0.15) is 27.7 Å². The number of hydrogen-bond acceptors (Lipinski definition) is 3. The summed E-state index contributed by atoms with van der Waals surface area (Å²) in [7, 11) is 0. The molecule has 1 fully saturated rings. The van der Waals surface area contributed by atoms with Gasteiger partial charge in [0.1, 0.15) is 0 Å². The molecular weight excluding hydrogens is 212 g/mol. The molecule has 0 bridgehead atoms. The van der Waals surface area contributed by atoms with Crippen LogP contribution in [0.3, 0.4) is 0 Å². The Morgan fingerprint density at radius 2 is 1.94 bits per heavy atom. The van der Waals surface area contributed by atoms with Gasteiger partial charge in [0.15, 0.2) is 0 Å². The Bertz CT molecular complexity index is 220. The lowest BCUT2D eigenvalue weighted by Gasteiger charge is -2.29. The van der Waals surface area contributed by atoms with Gasteiger partial charge in [0.2, 0.25) is 0 Å². The molecule has 0 N–H and O–H groups in total. The number of hydrogen-bond donors (Lipinski definition) is 0. The second-order valence-electron chi connectivity index (χ2n) is 3.87. The SMILES string of the molecule is C=C(C)N(/C=C\C)CCN1CCOCC1.CC. The van der Waals surface area contributed by atoms with Crippen LogP contribution in [0.4, 0.5) is 0 Å². The molecule has 0 radical (unpaired) electrons. The van der Waals surface area contributed by atoms with E-state index in [0.29, 0.717) is 0 Å².